The lowest BCUT2D eigenvalue weighted by Crippen LogP contribution is -2.47. The Kier molecular flexibility index (Phi) is 12.2. The molecule has 0 fully saturated rings. The van der Waals surface area contributed by atoms with Gasteiger partial charge in [0.15, 0.2) is 11.6 Å². The lowest BCUT2D eigenvalue weighted by atomic mass is 9.90. The van der Waals surface area contributed by atoms with Crippen molar-refractivity contribution in [3.8, 4) is 0 Å². The molecule has 4 aromatic carbocycles. The van der Waals surface area contributed by atoms with E-state index in [0.717, 1.165) is 21.9 Å². The second-order valence-electron chi connectivity index (χ2n) is 12.9. The van der Waals surface area contributed by atoms with Crippen molar-refractivity contribution < 1.29 is 39.0 Å². The normalized spacial score (nSPS) is 12.9. The van der Waals surface area contributed by atoms with Crippen LogP contribution in [0.15, 0.2) is 91.0 Å². The van der Waals surface area contributed by atoms with Gasteiger partial charge in [-0.15, -0.1) is 0 Å². The first-order chi connectivity index (χ1) is 24.8. The van der Waals surface area contributed by atoms with Gasteiger partial charge in [-0.05, 0) is 65.9 Å². The third-order valence-electron chi connectivity index (χ3n) is 8.83. The van der Waals surface area contributed by atoms with Crippen LogP contribution in [0.3, 0.4) is 0 Å². The van der Waals surface area contributed by atoms with Gasteiger partial charge in [-0.25, -0.2) is 0 Å². The number of carboxylic acid groups (broad SMARTS) is 2. The van der Waals surface area contributed by atoms with E-state index >= 15 is 0 Å². The molecule has 0 spiro atoms. The number of benzene rings is 4. The summed E-state index contributed by atoms with van der Waals surface area (Å²) in [5.41, 5.74) is 3.12. The number of amides is 2. The first kappa shape index (κ1) is 37.4. The Hall–Kier alpha value is -5.81. The average Bonchev–Trinajstić information content (AvgIpc) is 3.52. The van der Waals surface area contributed by atoms with E-state index in [1.807, 2.05) is 55.5 Å². The highest BCUT2D eigenvalue weighted by atomic mass is 35.5. The van der Waals surface area contributed by atoms with Gasteiger partial charge >= 0.3 is 11.9 Å². The van der Waals surface area contributed by atoms with Gasteiger partial charge < -0.3 is 25.8 Å². The van der Waals surface area contributed by atoms with Gasteiger partial charge in [0.05, 0.1) is 24.4 Å². The molecule has 0 aliphatic heterocycles. The van der Waals surface area contributed by atoms with E-state index in [2.05, 4.69) is 15.6 Å². The average molecular weight is 724 g/mol. The number of fused-ring (bicyclic) bond motifs is 2. The van der Waals surface area contributed by atoms with E-state index in [1.165, 1.54) is 0 Å². The third kappa shape index (κ3) is 10.1. The molecule has 2 amide bonds. The summed E-state index contributed by atoms with van der Waals surface area (Å²) in [6.45, 7) is 1.86. The number of aromatic amines is 1. The molecule has 0 bridgehead atoms. The lowest BCUT2D eigenvalue weighted by Gasteiger charge is -2.23. The van der Waals surface area contributed by atoms with Gasteiger partial charge in [0.25, 0.3) is 5.91 Å². The highest BCUT2D eigenvalue weighted by Gasteiger charge is 2.32. The molecular formula is C40H38ClN3O8. The third-order valence-corrected chi connectivity index (χ3v) is 9.06. The van der Waals surface area contributed by atoms with Crippen molar-refractivity contribution in [3.63, 3.8) is 0 Å². The lowest BCUT2D eigenvalue weighted by molar-refractivity contribution is -0.142. The molecule has 12 heteroatoms. The number of hydrogen-bond acceptors (Lipinski definition) is 6. The first-order valence-electron chi connectivity index (χ1n) is 16.8. The number of halogens is 1. The zero-order valence-electron chi connectivity index (χ0n) is 28.4. The van der Waals surface area contributed by atoms with Crippen LogP contribution in [0.1, 0.15) is 52.9 Å². The number of ketones is 2. The van der Waals surface area contributed by atoms with Gasteiger partial charge in [0.1, 0.15) is 5.69 Å². The second-order valence-corrected chi connectivity index (χ2v) is 13.4. The van der Waals surface area contributed by atoms with E-state index in [0.29, 0.717) is 21.5 Å². The van der Waals surface area contributed by atoms with Crippen molar-refractivity contribution in [2.45, 2.75) is 57.5 Å². The number of carbonyl (C=O) groups is 6. The van der Waals surface area contributed by atoms with Gasteiger partial charge in [-0.1, -0.05) is 83.9 Å². The highest BCUT2D eigenvalue weighted by Crippen LogP contribution is 2.22. The zero-order valence-corrected chi connectivity index (χ0v) is 29.1. The Morgan fingerprint density at radius 3 is 2.21 bits per heavy atom. The molecule has 0 aliphatic carbocycles. The maximum atomic E-state index is 14.0. The molecule has 0 radical (unpaired) electrons. The van der Waals surface area contributed by atoms with Crippen LogP contribution in [-0.2, 0) is 36.8 Å². The molecule has 5 aromatic rings. The summed E-state index contributed by atoms with van der Waals surface area (Å²) < 4.78 is 0. The number of aliphatic carboxylic acids is 2. The Balaban J connectivity index is 1.38. The van der Waals surface area contributed by atoms with Gasteiger partial charge in [0, 0.05) is 35.2 Å². The number of H-pyrrole nitrogens is 1. The molecule has 11 nitrogen and oxygen atoms in total. The van der Waals surface area contributed by atoms with Crippen molar-refractivity contribution in [1.29, 1.82) is 0 Å². The number of carbonyl (C=O) groups excluding carboxylic acids is 4. The monoisotopic (exact) mass is 723 g/mol. The standard InChI is InChI=1S/C40H38ClN3O8/c1-23-5-4-6-24(15-23)18-35(45)32(13-14-37(47)48)43-39(51)29(22-38(49)50)21-36(46)33(17-25-9-10-26-7-2-3-8-27(26)16-25)44-40(52)34-20-28-19-30(41)11-12-31(28)42-34/h2-12,15-16,19-20,29,32-33,42H,13-14,17-18,21-22H2,1H3,(H,43,51)(H,44,52)(H,47,48)(H,49,50). The fraction of sp³-hybridized carbons (Fsp3) is 0.250. The summed E-state index contributed by atoms with van der Waals surface area (Å²) >= 11 is 6.12. The predicted molar refractivity (Wildman–Crippen MR) is 196 cm³/mol. The highest BCUT2D eigenvalue weighted by molar-refractivity contribution is 6.31. The van der Waals surface area contributed by atoms with Crippen molar-refractivity contribution in [1.82, 2.24) is 15.6 Å². The Morgan fingerprint density at radius 1 is 0.712 bits per heavy atom. The maximum absolute atomic E-state index is 14.0. The molecule has 5 N–H and O–H groups in total. The number of carboxylic acids is 2. The molecule has 3 unspecified atom stereocenters. The number of rotatable bonds is 17. The van der Waals surface area contributed by atoms with Crippen molar-refractivity contribution in [2.24, 2.45) is 5.92 Å². The topological polar surface area (TPSA) is 183 Å². The molecule has 3 atom stereocenters. The van der Waals surface area contributed by atoms with Gasteiger partial charge in [0.2, 0.25) is 5.91 Å². The first-order valence-corrected chi connectivity index (χ1v) is 17.1. The minimum absolute atomic E-state index is 0.0408. The van der Waals surface area contributed by atoms with E-state index < -0.39 is 72.6 Å². The summed E-state index contributed by atoms with van der Waals surface area (Å²) in [7, 11) is 0. The van der Waals surface area contributed by atoms with Gasteiger partial charge in [-0.2, -0.15) is 0 Å². The smallest absolute Gasteiger partial charge is 0.304 e. The van der Waals surface area contributed by atoms with Crippen LogP contribution in [0.5, 0.6) is 0 Å². The summed E-state index contributed by atoms with van der Waals surface area (Å²) in [6.07, 6.45) is -2.01. The summed E-state index contributed by atoms with van der Waals surface area (Å²) in [4.78, 5) is 80.9. The minimum Gasteiger partial charge on any atom is -0.481 e. The van der Waals surface area contributed by atoms with Gasteiger partial charge in [-0.3, -0.25) is 28.8 Å². The molecular weight excluding hydrogens is 686 g/mol. The summed E-state index contributed by atoms with van der Waals surface area (Å²) in [5.74, 6) is -6.49. The minimum atomic E-state index is -1.42. The maximum Gasteiger partial charge on any atom is 0.304 e. The zero-order chi connectivity index (χ0) is 37.4. The molecule has 0 saturated carbocycles. The molecule has 1 aromatic heterocycles. The molecule has 0 saturated heterocycles. The van der Waals surface area contributed by atoms with Crippen LogP contribution in [-0.4, -0.2) is 62.6 Å². The fourth-order valence-corrected chi connectivity index (χ4v) is 6.36. The summed E-state index contributed by atoms with van der Waals surface area (Å²) in [5, 5.41) is 27.4. The van der Waals surface area contributed by atoms with Crippen LogP contribution in [0.2, 0.25) is 5.02 Å². The van der Waals surface area contributed by atoms with E-state index in [1.54, 1.807) is 42.5 Å². The van der Waals surface area contributed by atoms with E-state index in [4.69, 9.17) is 11.6 Å². The predicted octanol–water partition coefficient (Wildman–Crippen LogP) is 5.84. The largest absolute Gasteiger partial charge is 0.481 e. The van der Waals surface area contributed by atoms with Crippen molar-refractivity contribution >= 4 is 68.6 Å². The van der Waals surface area contributed by atoms with E-state index in [9.17, 15) is 39.0 Å². The fourth-order valence-electron chi connectivity index (χ4n) is 6.18. The number of Topliss-reactive ketones (excluding diaryl/α,β-unsaturated/α-hetero) is 2. The molecule has 5 rings (SSSR count). The van der Waals surface area contributed by atoms with Crippen LogP contribution in [0, 0.1) is 12.8 Å². The van der Waals surface area contributed by atoms with Crippen LogP contribution in [0.25, 0.3) is 21.7 Å². The SMILES string of the molecule is Cc1cccc(CC(=O)C(CCC(=O)O)NC(=O)C(CC(=O)O)CC(=O)C(Cc2ccc3ccccc3c2)NC(=O)c2cc3cc(Cl)ccc3[nH]2)c1. The molecule has 52 heavy (non-hydrogen) atoms. The van der Waals surface area contributed by atoms with Crippen LogP contribution >= 0.6 is 11.6 Å². The number of nitrogens with one attached hydrogen (secondary N) is 3. The molecule has 1 heterocycles. The Morgan fingerprint density at radius 2 is 1.48 bits per heavy atom. The second kappa shape index (κ2) is 16.9. The van der Waals surface area contributed by atoms with E-state index in [-0.39, 0.29) is 25.0 Å². The Bertz CT molecular complexity index is 2160. The van der Waals surface area contributed by atoms with Crippen LogP contribution in [0.4, 0.5) is 0 Å². The molecule has 268 valence electrons. The quantitative estimate of drug-likeness (QED) is 0.0793. The van der Waals surface area contributed by atoms with Crippen molar-refractivity contribution in [2.75, 3.05) is 0 Å². The Labute approximate surface area is 304 Å². The summed E-state index contributed by atoms with van der Waals surface area (Å²) in [6, 6.07) is 24.7. The van der Waals surface area contributed by atoms with Crippen LogP contribution < -0.4 is 10.6 Å². The number of aromatic nitrogens is 1. The number of hydrogen-bond donors (Lipinski definition) is 5. The van der Waals surface area contributed by atoms with Crippen molar-refractivity contribution in [3.05, 3.63) is 118 Å². The molecule has 0 aliphatic rings. The number of aryl methyl sites for hydroxylation is 1.